The highest BCUT2D eigenvalue weighted by Gasteiger charge is 2.22. The van der Waals surface area contributed by atoms with Crippen molar-refractivity contribution in [2.45, 2.75) is 45.1 Å². The van der Waals surface area contributed by atoms with Crippen molar-refractivity contribution in [1.29, 1.82) is 0 Å². The second-order valence-electron chi connectivity index (χ2n) is 5.07. The van der Waals surface area contributed by atoms with E-state index in [4.69, 9.17) is 15.6 Å². The van der Waals surface area contributed by atoms with Crippen LogP contribution in [-0.2, 0) is 24.1 Å². The van der Waals surface area contributed by atoms with Crippen molar-refractivity contribution in [3.63, 3.8) is 0 Å². The summed E-state index contributed by atoms with van der Waals surface area (Å²) in [4.78, 5) is 10.6. The van der Waals surface area contributed by atoms with E-state index in [1.165, 1.54) is 16.7 Å². The van der Waals surface area contributed by atoms with Crippen molar-refractivity contribution in [3.05, 3.63) is 28.8 Å². The molecule has 1 atom stereocenters. The number of rotatable bonds is 6. The van der Waals surface area contributed by atoms with E-state index >= 15 is 0 Å². The van der Waals surface area contributed by atoms with E-state index in [0.29, 0.717) is 13.0 Å². The maximum Gasteiger partial charge on any atom is 0.303 e. The monoisotopic (exact) mass is 263 g/mol. The van der Waals surface area contributed by atoms with Crippen molar-refractivity contribution in [1.82, 2.24) is 0 Å². The maximum atomic E-state index is 10.6. The highest BCUT2D eigenvalue weighted by Crippen LogP contribution is 2.30. The Labute approximate surface area is 113 Å². The Morgan fingerprint density at radius 2 is 2.26 bits per heavy atom. The standard InChI is InChI=1S/C15H21NO3/c1-2-19-13-7-10(4-3-5-15(17)18)14-9-12(16)6-11(14)8-13/h7-8,12H,2-6,9,16H2,1H3,(H,17,18). The topological polar surface area (TPSA) is 72.5 Å². The van der Waals surface area contributed by atoms with Gasteiger partial charge in [-0.25, -0.2) is 0 Å². The second kappa shape index (κ2) is 6.06. The average Bonchev–Trinajstić information content (AvgIpc) is 2.69. The number of benzene rings is 1. The van der Waals surface area contributed by atoms with Crippen molar-refractivity contribution in [2.75, 3.05) is 6.61 Å². The van der Waals surface area contributed by atoms with Gasteiger partial charge in [0.2, 0.25) is 0 Å². The van der Waals surface area contributed by atoms with Gasteiger partial charge in [-0.3, -0.25) is 4.79 Å². The zero-order valence-corrected chi connectivity index (χ0v) is 11.3. The van der Waals surface area contributed by atoms with Crippen LogP contribution in [-0.4, -0.2) is 23.7 Å². The van der Waals surface area contributed by atoms with Crippen molar-refractivity contribution < 1.29 is 14.6 Å². The molecule has 4 nitrogen and oxygen atoms in total. The minimum absolute atomic E-state index is 0.185. The molecule has 0 saturated carbocycles. The molecule has 1 aliphatic carbocycles. The molecule has 1 aromatic carbocycles. The normalized spacial score (nSPS) is 17.3. The largest absolute Gasteiger partial charge is 0.494 e. The van der Waals surface area contributed by atoms with Gasteiger partial charge in [-0.1, -0.05) is 0 Å². The SMILES string of the molecule is CCOc1cc(CCCC(=O)O)c2c(c1)CC(N)C2. The van der Waals surface area contributed by atoms with Gasteiger partial charge in [0.25, 0.3) is 0 Å². The molecule has 1 aliphatic rings. The molecule has 0 radical (unpaired) electrons. The average molecular weight is 263 g/mol. The molecule has 1 unspecified atom stereocenters. The summed E-state index contributed by atoms with van der Waals surface area (Å²) in [5.74, 6) is 0.134. The van der Waals surface area contributed by atoms with Crippen LogP contribution in [0.3, 0.4) is 0 Å². The highest BCUT2D eigenvalue weighted by atomic mass is 16.5. The molecule has 0 fully saturated rings. The number of carbonyl (C=O) groups is 1. The van der Waals surface area contributed by atoms with Crippen LogP contribution in [0.15, 0.2) is 12.1 Å². The lowest BCUT2D eigenvalue weighted by Gasteiger charge is -2.12. The van der Waals surface area contributed by atoms with Crippen LogP contribution in [0.1, 0.15) is 36.5 Å². The first-order chi connectivity index (χ1) is 9.10. The van der Waals surface area contributed by atoms with Gasteiger partial charge < -0.3 is 15.6 Å². The fourth-order valence-electron chi connectivity index (χ4n) is 2.73. The molecule has 0 saturated heterocycles. The molecule has 1 aromatic rings. The molecule has 104 valence electrons. The number of carboxylic acids is 1. The lowest BCUT2D eigenvalue weighted by atomic mass is 9.98. The minimum atomic E-state index is -0.741. The molecule has 0 bridgehead atoms. The minimum Gasteiger partial charge on any atom is -0.494 e. The zero-order chi connectivity index (χ0) is 13.8. The molecule has 0 aromatic heterocycles. The summed E-state index contributed by atoms with van der Waals surface area (Å²) in [7, 11) is 0. The van der Waals surface area contributed by atoms with E-state index in [9.17, 15) is 4.79 Å². The lowest BCUT2D eigenvalue weighted by Crippen LogP contribution is -2.19. The summed E-state index contributed by atoms with van der Waals surface area (Å²) in [6.07, 6.45) is 3.43. The van der Waals surface area contributed by atoms with E-state index in [2.05, 4.69) is 6.07 Å². The molecule has 0 aliphatic heterocycles. The van der Waals surface area contributed by atoms with Gasteiger partial charge >= 0.3 is 5.97 Å². The third-order valence-corrected chi connectivity index (χ3v) is 3.50. The Bertz CT molecular complexity index is 471. The fraction of sp³-hybridized carbons (Fsp3) is 0.533. The Kier molecular flexibility index (Phi) is 4.43. The molecule has 0 heterocycles. The lowest BCUT2D eigenvalue weighted by molar-refractivity contribution is -0.137. The molecular weight excluding hydrogens is 242 g/mol. The summed E-state index contributed by atoms with van der Waals surface area (Å²) in [5.41, 5.74) is 9.80. The van der Waals surface area contributed by atoms with Gasteiger partial charge in [0.05, 0.1) is 6.61 Å². The van der Waals surface area contributed by atoms with E-state index in [0.717, 1.165) is 25.0 Å². The molecular formula is C15H21NO3. The Morgan fingerprint density at radius 1 is 1.47 bits per heavy atom. The predicted molar refractivity (Wildman–Crippen MR) is 73.6 cm³/mol. The highest BCUT2D eigenvalue weighted by molar-refractivity contribution is 5.66. The summed E-state index contributed by atoms with van der Waals surface area (Å²) < 4.78 is 5.58. The number of ether oxygens (including phenoxy) is 1. The maximum absolute atomic E-state index is 10.6. The van der Waals surface area contributed by atoms with Gasteiger partial charge in [-0.05, 0) is 61.4 Å². The van der Waals surface area contributed by atoms with Crippen LogP contribution in [0.5, 0.6) is 5.75 Å². The zero-order valence-electron chi connectivity index (χ0n) is 11.3. The first-order valence-electron chi connectivity index (χ1n) is 6.85. The summed E-state index contributed by atoms with van der Waals surface area (Å²) in [5, 5.41) is 8.72. The Balaban J connectivity index is 2.17. The third-order valence-electron chi connectivity index (χ3n) is 3.50. The summed E-state index contributed by atoms with van der Waals surface area (Å²) in [6, 6.07) is 4.30. The molecule has 4 heteroatoms. The Hall–Kier alpha value is -1.55. The van der Waals surface area contributed by atoms with Gasteiger partial charge in [0.1, 0.15) is 5.75 Å². The quantitative estimate of drug-likeness (QED) is 0.822. The fourth-order valence-corrected chi connectivity index (χ4v) is 2.73. The molecule has 0 spiro atoms. The van der Waals surface area contributed by atoms with Crippen molar-refractivity contribution >= 4 is 5.97 Å². The summed E-state index contributed by atoms with van der Waals surface area (Å²) >= 11 is 0. The molecule has 3 N–H and O–H groups in total. The van der Waals surface area contributed by atoms with Crippen LogP contribution in [0.2, 0.25) is 0 Å². The third kappa shape index (κ3) is 3.47. The number of carboxylic acid groups (broad SMARTS) is 1. The van der Waals surface area contributed by atoms with Crippen LogP contribution in [0.25, 0.3) is 0 Å². The first kappa shape index (κ1) is 13.9. The second-order valence-corrected chi connectivity index (χ2v) is 5.07. The van der Waals surface area contributed by atoms with E-state index in [-0.39, 0.29) is 12.5 Å². The number of fused-ring (bicyclic) bond motifs is 1. The predicted octanol–water partition coefficient (Wildman–Crippen LogP) is 1.92. The number of hydrogen-bond donors (Lipinski definition) is 2. The number of aryl methyl sites for hydroxylation is 1. The molecule has 2 rings (SSSR count). The number of hydrogen-bond acceptors (Lipinski definition) is 3. The van der Waals surface area contributed by atoms with E-state index in [1.54, 1.807) is 0 Å². The van der Waals surface area contributed by atoms with Gasteiger partial charge in [0.15, 0.2) is 0 Å². The van der Waals surface area contributed by atoms with Gasteiger partial charge in [-0.2, -0.15) is 0 Å². The Morgan fingerprint density at radius 3 is 2.95 bits per heavy atom. The van der Waals surface area contributed by atoms with Crippen LogP contribution in [0, 0.1) is 0 Å². The van der Waals surface area contributed by atoms with Crippen molar-refractivity contribution in [3.8, 4) is 5.75 Å². The van der Waals surface area contributed by atoms with Crippen molar-refractivity contribution in [2.24, 2.45) is 5.73 Å². The van der Waals surface area contributed by atoms with E-state index in [1.807, 2.05) is 13.0 Å². The van der Waals surface area contributed by atoms with Gasteiger partial charge in [0, 0.05) is 12.5 Å². The van der Waals surface area contributed by atoms with Crippen LogP contribution in [0.4, 0.5) is 0 Å². The van der Waals surface area contributed by atoms with Crippen LogP contribution < -0.4 is 10.5 Å². The number of aliphatic carboxylic acids is 1. The molecule has 19 heavy (non-hydrogen) atoms. The van der Waals surface area contributed by atoms with Gasteiger partial charge in [-0.15, -0.1) is 0 Å². The molecule has 0 amide bonds. The summed E-state index contributed by atoms with van der Waals surface area (Å²) in [6.45, 7) is 2.60. The van der Waals surface area contributed by atoms with Crippen LogP contribution >= 0.6 is 0 Å². The first-order valence-corrected chi connectivity index (χ1v) is 6.85. The smallest absolute Gasteiger partial charge is 0.303 e. The van der Waals surface area contributed by atoms with E-state index < -0.39 is 5.97 Å². The number of nitrogens with two attached hydrogens (primary N) is 1.